The van der Waals surface area contributed by atoms with Crippen LogP contribution in [0.15, 0.2) is 0 Å². The van der Waals surface area contributed by atoms with E-state index in [-0.39, 0.29) is 17.5 Å². The van der Waals surface area contributed by atoms with E-state index in [2.05, 4.69) is 10.0 Å². The van der Waals surface area contributed by atoms with Gasteiger partial charge in [0, 0.05) is 13.1 Å². The second-order valence-corrected chi connectivity index (χ2v) is 7.09. The van der Waals surface area contributed by atoms with Crippen LogP contribution < -0.4 is 10.0 Å². The van der Waals surface area contributed by atoms with Crippen LogP contribution in [0, 0.1) is 0 Å². The van der Waals surface area contributed by atoms with Crippen LogP contribution in [0.4, 0.5) is 0 Å². The van der Waals surface area contributed by atoms with Gasteiger partial charge in [0.1, 0.15) is 0 Å². The Hall–Kier alpha value is -0.170. The summed E-state index contributed by atoms with van der Waals surface area (Å²) in [4.78, 5) is 0. The predicted octanol–water partition coefficient (Wildman–Crippen LogP) is 0.227. The highest BCUT2D eigenvalue weighted by Gasteiger charge is 2.39. The Morgan fingerprint density at radius 2 is 2.29 bits per heavy atom. The summed E-state index contributed by atoms with van der Waals surface area (Å²) in [5.74, 6) is 0.131. The number of rotatable bonds is 4. The van der Waals surface area contributed by atoms with Gasteiger partial charge in [0.2, 0.25) is 10.0 Å². The predicted molar refractivity (Wildman–Crippen MR) is 66.4 cm³/mol. The molecule has 0 bridgehead atoms. The van der Waals surface area contributed by atoms with Crippen LogP contribution in [0.2, 0.25) is 0 Å². The van der Waals surface area contributed by atoms with E-state index in [4.69, 9.17) is 4.74 Å². The lowest BCUT2D eigenvalue weighted by atomic mass is 9.91. The zero-order valence-electron chi connectivity index (χ0n) is 10.4. The lowest BCUT2D eigenvalue weighted by Gasteiger charge is -2.38. The molecule has 0 aromatic heterocycles. The fraction of sp³-hybridized carbons (Fsp3) is 1.00. The van der Waals surface area contributed by atoms with E-state index in [1.165, 1.54) is 0 Å². The smallest absolute Gasteiger partial charge is 0.211 e. The first-order chi connectivity index (χ1) is 8.05. The molecule has 2 N–H and O–H groups in total. The van der Waals surface area contributed by atoms with Crippen molar-refractivity contribution in [2.45, 2.75) is 44.3 Å². The van der Waals surface area contributed by atoms with Gasteiger partial charge in [-0.3, -0.25) is 0 Å². The first kappa shape index (κ1) is 13.3. The maximum absolute atomic E-state index is 11.4. The normalized spacial score (nSPS) is 34.3. The van der Waals surface area contributed by atoms with Crippen molar-refractivity contribution < 1.29 is 13.2 Å². The summed E-state index contributed by atoms with van der Waals surface area (Å²) in [5.41, 5.74) is -0.0272. The Balaban J connectivity index is 1.85. The third kappa shape index (κ3) is 3.40. The summed E-state index contributed by atoms with van der Waals surface area (Å²) in [6.07, 6.45) is 4.25. The van der Waals surface area contributed by atoms with Crippen LogP contribution in [0.5, 0.6) is 0 Å². The van der Waals surface area contributed by atoms with Crippen LogP contribution in [0.3, 0.4) is 0 Å². The fourth-order valence-corrected chi connectivity index (χ4v) is 3.27. The van der Waals surface area contributed by atoms with Crippen LogP contribution in [0.25, 0.3) is 0 Å². The number of ether oxygens (including phenoxy) is 1. The van der Waals surface area contributed by atoms with Gasteiger partial charge in [-0.2, -0.15) is 0 Å². The molecule has 0 aromatic carbocycles. The minimum absolute atomic E-state index is 0.0272. The molecule has 0 aliphatic carbocycles. The van der Waals surface area contributed by atoms with E-state index in [0.717, 1.165) is 38.8 Å². The van der Waals surface area contributed by atoms with Crippen LogP contribution in [-0.2, 0) is 14.8 Å². The van der Waals surface area contributed by atoms with E-state index in [1.807, 2.05) is 0 Å². The zero-order chi connectivity index (χ0) is 12.4. The molecule has 0 radical (unpaired) electrons. The van der Waals surface area contributed by atoms with Gasteiger partial charge in [0.25, 0.3) is 0 Å². The van der Waals surface area contributed by atoms with Crippen molar-refractivity contribution in [2.75, 3.05) is 25.4 Å². The van der Waals surface area contributed by atoms with E-state index in [0.29, 0.717) is 6.54 Å². The van der Waals surface area contributed by atoms with Gasteiger partial charge in [-0.1, -0.05) is 0 Å². The molecule has 2 aliphatic rings. The van der Waals surface area contributed by atoms with Crippen molar-refractivity contribution in [3.63, 3.8) is 0 Å². The number of sulfonamides is 1. The SMILES string of the molecule is CCS(=O)(=O)NC[C@@H]1CCC[C@]2(CCNC2)O1. The van der Waals surface area contributed by atoms with E-state index < -0.39 is 10.0 Å². The molecule has 100 valence electrons. The highest BCUT2D eigenvalue weighted by atomic mass is 32.2. The molecule has 0 aromatic rings. The Morgan fingerprint density at radius 1 is 1.47 bits per heavy atom. The number of nitrogens with one attached hydrogen (secondary N) is 2. The van der Waals surface area contributed by atoms with Crippen LogP contribution in [0.1, 0.15) is 32.6 Å². The molecule has 0 amide bonds. The first-order valence-electron chi connectivity index (χ1n) is 6.41. The van der Waals surface area contributed by atoms with Crippen molar-refractivity contribution in [2.24, 2.45) is 0 Å². The molecule has 17 heavy (non-hydrogen) atoms. The van der Waals surface area contributed by atoms with E-state index in [1.54, 1.807) is 6.92 Å². The Kier molecular flexibility index (Phi) is 4.07. The lowest BCUT2D eigenvalue weighted by molar-refractivity contribution is -0.113. The zero-order valence-corrected chi connectivity index (χ0v) is 11.2. The summed E-state index contributed by atoms with van der Waals surface area (Å²) >= 11 is 0. The fourth-order valence-electron chi connectivity index (χ4n) is 2.62. The van der Waals surface area contributed by atoms with Crippen molar-refractivity contribution >= 4 is 10.0 Å². The summed E-state index contributed by atoms with van der Waals surface area (Å²) in [7, 11) is -3.10. The minimum Gasteiger partial charge on any atom is -0.369 e. The quantitative estimate of drug-likeness (QED) is 0.761. The van der Waals surface area contributed by atoms with E-state index >= 15 is 0 Å². The average Bonchev–Trinajstić information content (AvgIpc) is 2.75. The van der Waals surface area contributed by atoms with Gasteiger partial charge in [0.05, 0.1) is 17.5 Å². The molecule has 0 unspecified atom stereocenters. The van der Waals surface area contributed by atoms with Crippen LogP contribution >= 0.6 is 0 Å². The largest absolute Gasteiger partial charge is 0.369 e. The van der Waals surface area contributed by atoms with Gasteiger partial charge < -0.3 is 10.1 Å². The topological polar surface area (TPSA) is 67.4 Å². The maximum Gasteiger partial charge on any atom is 0.211 e. The molecular weight excluding hydrogens is 240 g/mol. The van der Waals surface area contributed by atoms with Gasteiger partial charge >= 0.3 is 0 Å². The Bertz CT molecular complexity index is 350. The monoisotopic (exact) mass is 262 g/mol. The van der Waals surface area contributed by atoms with Gasteiger partial charge in [-0.25, -0.2) is 13.1 Å². The standard InChI is InChI=1S/C11H22N2O3S/c1-2-17(14,15)13-8-10-4-3-5-11(16-10)6-7-12-9-11/h10,12-13H,2-9H2,1H3/t10-,11+/m0/s1. The average molecular weight is 262 g/mol. The number of hydrogen-bond acceptors (Lipinski definition) is 4. The van der Waals surface area contributed by atoms with Crippen LogP contribution in [-0.4, -0.2) is 45.5 Å². The molecule has 2 atom stereocenters. The van der Waals surface area contributed by atoms with E-state index in [9.17, 15) is 8.42 Å². The molecule has 2 fully saturated rings. The molecule has 2 aliphatic heterocycles. The Morgan fingerprint density at radius 3 is 2.94 bits per heavy atom. The molecule has 2 saturated heterocycles. The third-order valence-electron chi connectivity index (χ3n) is 3.69. The highest BCUT2D eigenvalue weighted by molar-refractivity contribution is 7.89. The molecule has 0 saturated carbocycles. The molecule has 2 rings (SSSR count). The van der Waals surface area contributed by atoms with Crippen molar-refractivity contribution in [3.05, 3.63) is 0 Å². The second kappa shape index (κ2) is 5.22. The highest BCUT2D eigenvalue weighted by Crippen LogP contribution is 2.33. The second-order valence-electron chi connectivity index (χ2n) is 4.99. The molecule has 2 heterocycles. The first-order valence-corrected chi connectivity index (χ1v) is 8.06. The van der Waals surface area contributed by atoms with Crippen molar-refractivity contribution in [1.82, 2.24) is 10.0 Å². The third-order valence-corrected chi connectivity index (χ3v) is 5.06. The molecular formula is C11H22N2O3S. The molecule has 6 heteroatoms. The summed E-state index contributed by atoms with van der Waals surface area (Å²) in [5, 5.41) is 3.32. The van der Waals surface area contributed by atoms with Gasteiger partial charge in [-0.05, 0) is 39.2 Å². The van der Waals surface area contributed by atoms with Crippen molar-refractivity contribution in [3.8, 4) is 0 Å². The van der Waals surface area contributed by atoms with Gasteiger partial charge in [0.15, 0.2) is 0 Å². The molecule has 5 nitrogen and oxygen atoms in total. The molecule has 1 spiro atoms. The number of hydrogen-bond donors (Lipinski definition) is 2. The Labute approximate surface area is 103 Å². The lowest BCUT2D eigenvalue weighted by Crippen LogP contribution is -2.46. The summed E-state index contributed by atoms with van der Waals surface area (Å²) < 4.78 is 31.4. The summed E-state index contributed by atoms with van der Waals surface area (Å²) in [6, 6.07) is 0. The van der Waals surface area contributed by atoms with Gasteiger partial charge in [-0.15, -0.1) is 0 Å². The van der Waals surface area contributed by atoms with Crippen molar-refractivity contribution in [1.29, 1.82) is 0 Å². The minimum atomic E-state index is -3.10. The maximum atomic E-state index is 11.4. The summed E-state index contributed by atoms with van der Waals surface area (Å²) in [6.45, 7) is 3.97.